The van der Waals surface area contributed by atoms with Crippen LogP contribution in [0.15, 0.2) is 12.1 Å². The Hall–Kier alpha value is -2.35. The van der Waals surface area contributed by atoms with Gasteiger partial charge in [-0.1, -0.05) is 19.9 Å². The average molecular weight is 454 g/mol. The van der Waals surface area contributed by atoms with Gasteiger partial charge in [0.15, 0.2) is 11.6 Å². The number of carbonyl (C=O) groups is 2. The number of aliphatic carboxylic acids is 1. The molecule has 0 bridgehead atoms. The van der Waals surface area contributed by atoms with Gasteiger partial charge >= 0.3 is 12.1 Å². The summed E-state index contributed by atoms with van der Waals surface area (Å²) in [6.07, 6.45) is 0.378. The number of hydrogen-bond acceptors (Lipinski definition) is 5. The molecule has 1 aromatic rings. The van der Waals surface area contributed by atoms with Crippen LogP contribution in [0, 0.1) is 11.7 Å². The Morgan fingerprint density at radius 1 is 1.25 bits per heavy atom. The van der Waals surface area contributed by atoms with E-state index < -0.39 is 29.4 Å². The van der Waals surface area contributed by atoms with Gasteiger partial charge in [-0.15, -0.1) is 0 Å². The number of carboxylic acid groups (broad SMARTS) is 1. The fourth-order valence-electron chi connectivity index (χ4n) is 4.30. The van der Waals surface area contributed by atoms with Gasteiger partial charge in [0.05, 0.1) is 25.7 Å². The first kappa shape index (κ1) is 25.9. The molecule has 1 heterocycles. The molecule has 1 N–H and O–H groups in total. The number of piperidine rings is 1. The maximum absolute atomic E-state index is 14.8. The van der Waals surface area contributed by atoms with Gasteiger partial charge in [-0.25, -0.2) is 9.18 Å². The highest BCUT2D eigenvalue weighted by Gasteiger charge is 2.41. The SMILES string of the molecule is COCC1CC(C(C(=O)O)c2cc(C(C)C)cc(F)c2OC)CCN1C(=O)OC(C)(C)C. The summed E-state index contributed by atoms with van der Waals surface area (Å²) in [6.45, 7) is 9.82. The summed E-state index contributed by atoms with van der Waals surface area (Å²) >= 11 is 0. The number of likely N-dealkylation sites (tertiary alicyclic amines) is 1. The standard InChI is InChI=1S/C24H36FNO6/c1-14(2)16-11-18(21(31-7)19(25)12-16)20(22(27)28)15-8-9-26(17(10-15)13-30-6)23(29)32-24(3,4)5/h11-12,14-15,17,20H,8-10,13H2,1-7H3,(H,27,28). The fourth-order valence-corrected chi connectivity index (χ4v) is 4.30. The second-order valence-corrected chi connectivity index (χ2v) is 9.66. The van der Waals surface area contributed by atoms with E-state index in [-0.39, 0.29) is 30.2 Å². The summed E-state index contributed by atoms with van der Waals surface area (Å²) in [4.78, 5) is 26.7. The number of methoxy groups -OCH3 is 2. The van der Waals surface area contributed by atoms with Crippen LogP contribution in [0.4, 0.5) is 9.18 Å². The van der Waals surface area contributed by atoms with Crippen molar-refractivity contribution < 1.29 is 33.3 Å². The van der Waals surface area contributed by atoms with E-state index in [1.807, 2.05) is 13.8 Å². The third-order valence-electron chi connectivity index (χ3n) is 5.78. The van der Waals surface area contributed by atoms with Gasteiger partial charge in [0.2, 0.25) is 0 Å². The predicted octanol–water partition coefficient (Wildman–Crippen LogP) is 4.79. The van der Waals surface area contributed by atoms with Crippen molar-refractivity contribution in [3.63, 3.8) is 0 Å². The number of benzene rings is 1. The maximum Gasteiger partial charge on any atom is 0.410 e. The minimum atomic E-state index is -1.05. The number of carboxylic acids is 1. The van der Waals surface area contributed by atoms with Crippen LogP contribution in [0.1, 0.15) is 70.4 Å². The molecule has 0 spiro atoms. The molecule has 1 aliphatic heterocycles. The van der Waals surface area contributed by atoms with Gasteiger partial charge in [-0.3, -0.25) is 4.79 Å². The maximum atomic E-state index is 14.8. The van der Waals surface area contributed by atoms with Crippen LogP contribution >= 0.6 is 0 Å². The third-order valence-corrected chi connectivity index (χ3v) is 5.78. The van der Waals surface area contributed by atoms with Gasteiger partial charge in [0.25, 0.3) is 0 Å². The molecule has 8 heteroatoms. The van der Waals surface area contributed by atoms with Crippen molar-refractivity contribution in [3.8, 4) is 5.75 Å². The summed E-state index contributed by atoms with van der Waals surface area (Å²) < 4.78 is 30.9. The highest BCUT2D eigenvalue weighted by molar-refractivity contribution is 5.78. The molecular weight excluding hydrogens is 417 g/mol. The lowest BCUT2D eigenvalue weighted by molar-refractivity contribution is -0.141. The monoisotopic (exact) mass is 453 g/mol. The largest absolute Gasteiger partial charge is 0.493 e. The summed E-state index contributed by atoms with van der Waals surface area (Å²) in [5.41, 5.74) is 0.400. The van der Waals surface area contributed by atoms with E-state index in [1.54, 1.807) is 31.7 Å². The minimum absolute atomic E-state index is 0.0267. The van der Waals surface area contributed by atoms with Crippen LogP contribution in [0.5, 0.6) is 5.75 Å². The number of ether oxygens (including phenoxy) is 3. The van der Waals surface area contributed by atoms with Gasteiger partial charge in [-0.2, -0.15) is 0 Å². The summed E-state index contributed by atoms with van der Waals surface area (Å²) in [5, 5.41) is 10.1. The van der Waals surface area contributed by atoms with Gasteiger partial charge in [0, 0.05) is 19.2 Å². The first-order valence-corrected chi connectivity index (χ1v) is 11.0. The van der Waals surface area contributed by atoms with E-state index >= 15 is 0 Å². The molecule has 1 saturated heterocycles. The van der Waals surface area contributed by atoms with Gasteiger partial charge in [-0.05, 0) is 57.1 Å². The molecule has 7 nitrogen and oxygen atoms in total. The molecule has 0 radical (unpaired) electrons. The highest BCUT2D eigenvalue weighted by Crippen LogP contribution is 2.41. The highest BCUT2D eigenvalue weighted by atomic mass is 19.1. The number of rotatable bonds is 7. The van der Waals surface area contributed by atoms with Crippen LogP contribution in [-0.2, 0) is 14.3 Å². The molecule has 0 aliphatic carbocycles. The Morgan fingerprint density at radius 3 is 2.41 bits per heavy atom. The smallest absolute Gasteiger partial charge is 0.410 e. The van der Waals surface area contributed by atoms with Crippen LogP contribution < -0.4 is 4.74 Å². The number of nitrogens with zero attached hydrogens (tertiary/aromatic N) is 1. The Labute approximate surface area is 189 Å². The minimum Gasteiger partial charge on any atom is -0.493 e. The first-order chi connectivity index (χ1) is 14.9. The second-order valence-electron chi connectivity index (χ2n) is 9.66. The topological polar surface area (TPSA) is 85.3 Å². The molecule has 32 heavy (non-hydrogen) atoms. The molecule has 0 saturated carbocycles. The van der Waals surface area contributed by atoms with E-state index in [2.05, 4.69) is 0 Å². The van der Waals surface area contributed by atoms with Gasteiger partial charge < -0.3 is 24.2 Å². The molecule has 1 aromatic carbocycles. The Kier molecular flexibility index (Phi) is 8.51. The quantitative estimate of drug-likeness (QED) is 0.639. The zero-order valence-corrected chi connectivity index (χ0v) is 20.1. The van der Waals surface area contributed by atoms with Crippen molar-refractivity contribution in [2.75, 3.05) is 27.4 Å². The number of carbonyl (C=O) groups excluding carboxylic acids is 1. The Morgan fingerprint density at radius 2 is 1.91 bits per heavy atom. The lowest BCUT2D eigenvalue weighted by Gasteiger charge is -2.41. The predicted molar refractivity (Wildman–Crippen MR) is 119 cm³/mol. The lowest BCUT2D eigenvalue weighted by atomic mass is 9.76. The average Bonchev–Trinajstić information content (AvgIpc) is 2.66. The molecule has 3 atom stereocenters. The van der Waals surface area contributed by atoms with E-state index in [9.17, 15) is 19.1 Å². The fraction of sp³-hybridized carbons (Fsp3) is 0.667. The van der Waals surface area contributed by atoms with Crippen LogP contribution in [0.25, 0.3) is 0 Å². The molecule has 3 unspecified atom stereocenters. The van der Waals surface area contributed by atoms with Crippen LogP contribution in [-0.4, -0.2) is 61.1 Å². The zero-order valence-electron chi connectivity index (χ0n) is 20.1. The van der Waals surface area contributed by atoms with E-state index in [4.69, 9.17) is 14.2 Å². The van der Waals surface area contributed by atoms with Crippen molar-refractivity contribution in [2.45, 2.75) is 70.9 Å². The molecule has 2 rings (SSSR count). The number of amides is 1. The van der Waals surface area contributed by atoms with Crippen LogP contribution in [0.2, 0.25) is 0 Å². The van der Waals surface area contributed by atoms with Gasteiger partial charge in [0.1, 0.15) is 5.60 Å². The molecule has 0 aromatic heterocycles. The van der Waals surface area contributed by atoms with E-state index in [0.29, 0.717) is 30.5 Å². The number of halogens is 1. The molecule has 1 fully saturated rings. The van der Waals surface area contributed by atoms with E-state index in [1.165, 1.54) is 20.3 Å². The Balaban J connectivity index is 2.40. The van der Waals surface area contributed by atoms with Crippen molar-refractivity contribution in [2.24, 2.45) is 5.92 Å². The molecule has 180 valence electrons. The number of hydrogen-bond donors (Lipinski definition) is 1. The second kappa shape index (κ2) is 10.5. The zero-order chi connectivity index (χ0) is 24.2. The normalized spacial score (nSPS) is 20.2. The third kappa shape index (κ3) is 6.12. The summed E-state index contributed by atoms with van der Waals surface area (Å²) in [6, 6.07) is 2.78. The van der Waals surface area contributed by atoms with E-state index in [0.717, 1.165) is 0 Å². The lowest BCUT2D eigenvalue weighted by Crippen LogP contribution is -2.51. The Bertz CT molecular complexity index is 819. The van der Waals surface area contributed by atoms with Crippen molar-refractivity contribution >= 4 is 12.1 Å². The first-order valence-electron chi connectivity index (χ1n) is 11.0. The van der Waals surface area contributed by atoms with Crippen molar-refractivity contribution in [1.29, 1.82) is 0 Å². The molecule has 1 amide bonds. The van der Waals surface area contributed by atoms with Crippen LogP contribution in [0.3, 0.4) is 0 Å². The molecular formula is C24H36FNO6. The summed E-state index contributed by atoms with van der Waals surface area (Å²) in [7, 11) is 2.88. The summed E-state index contributed by atoms with van der Waals surface area (Å²) in [5.74, 6) is -2.94. The molecule has 1 aliphatic rings. The van der Waals surface area contributed by atoms with Crippen molar-refractivity contribution in [3.05, 3.63) is 29.1 Å². The van der Waals surface area contributed by atoms with Crippen molar-refractivity contribution in [1.82, 2.24) is 4.90 Å².